The van der Waals surface area contributed by atoms with Gasteiger partial charge in [0.25, 0.3) is 5.91 Å². The number of aromatic carboxylic acids is 1. The molecule has 6 nitrogen and oxygen atoms in total. The van der Waals surface area contributed by atoms with Crippen molar-refractivity contribution in [2.45, 2.75) is 26.8 Å². The minimum Gasteiger partial charge on any atom is -0.478 e. The van der Waals surface area contributed by atoms with E-state index in [4.69, 9.17) is 0 Å². The van der Waals surface area contributed by atoms with Gasteiger partial charge in [-0.1, -0.05) is 17.7 Å². The Kier molecular flexibility index (Phi) is 5.74. The summed E-state index contributed by atoms with van der Waals surface area (Å²) in [6, 6.07) is 9.69. The summed E-state index contributed by atoms with van der Waals surface area (Å²) in [6.07, 6.45) is 0. The molecule has 1 aliphatic heterocycles. The molecule has 1 heterocycles. The number of aryl methyl sites for hydroxylation is 3. The van der Waals surface area contributed by atoms with Crippen LogP contribution in [0.25, 0.3) is 0 Å². The lowest BCUT2D eigenvalue weighted by Crippen LogP contribution is -2.44. The molecule has 0 aromatic heterocycles. The van der Waals surface area contributed by atoms with Crippen LogP contribution in [0.1, 0.15) is 37.4 Å². The van der Waals surface area contributed by atoms with Crippen LogP contribution in [-0.4, -0.2) is 45.5 Å². The largest absolute Gasteiger partial charge is 0.478 e. The Morgan fingerprint density at radius 3 is 2.43 bits per heavy atom. The van der Waals surface area contributed by atoms with Crippen molar-refractivity contribution in [2.24, 2.45) is 0 Å². The van der Waals surface area contributed by atoms with E-state index in [9.17, 15) is 19.5 Å². The average molecular weight is 398 g/mol. The second-order valence-electron chi connectivity index (χ2n) is 6.99. The Balaban J connectivity index is 1.81. The van der Waals surface area contributed by atoms with Gasteiger partial charge in [0.15, 0.2) is 0 Å². The number of hydrogen-bond acceptors (Lipinski definition) is 4. The molecule has 1 unspecified atom stereocenters. The third-order valence-electron chi connectivity index (χ3n) is 4.66. The summed E-state index contributed by atoms with van der Waals surface area (Å²) in [6.45, 7) is 5.65. The number of carboxylic acid groups (broad SMARTS) is 1. The summed E-state index contributed by atoms with van der Waals surface area (Å²) >= 11 is 1.50. The van der Waals surface area contributed by atoms with Crippen LogP contribution in [0.5, 0.6) is 0 Å². The van der Waals surface area contributed by atoms with Crippen molar-refractivity contribution in [3.05, 3.63) is 64.2 Å². The molecule has 2 aromatic rings. The van der Waals surface area contributed by atoms with Crippen molar-refractivity contribution in [2.75, 3.05) is 16.9 Å². The van der Waals surface area contributed by atoms with Crippen LogP contribution in [0.3, 0.4) is 0 Å². The van der Waals surface area contributed by atoms with Crippen molar-refractivity contribution in [3.63, 3.8) is 0 Å². The zero-order valence-electron chi connectivity index (χ0n) is 16.0. The summed E-state index contributed by atoms with van der Waals surface area (Å²) in [4.78, 5) is 38.6. The zero-order chi connectivity index (χ0) is 20.4. The third-order valence-corrected chi connectivity index (χ3v) is 5.67. The van der Waals surface area contributed by atoms with Gasteiger partial charge in [-0.3, -0.25) is 9.59 Å². The Hall–Kier alpha value is -2.80. The van der Waals surface area contributed by atoms with Gasteiger partial charge in [0.2, 0.25) is 5.91 Å². The maximum absolute atomic E-state index is 13.0. The zero-order valence-corrected chi connectivity index (χ0v) is 16.8. The third kappa shape index (κ3) is 4.20. The van der Waals surface area contributed by atoms with Crippen LogP contribution >= 0.6 is 11.8 Å². The fraction of sp³-hybridized carbons (Fsp3) is 0.286. The molecule has 0 radical (unpaired) electrons. The van der Waals surface area contributed by atoms with Crippen LogP contribution in [-0.2, 0) is 4.79 Å². The summed E-state index contributed by atoms with van der Waals surface area (Å²) in [5, 5.41) is 12.2. The molecule has 2 amide bonds. The Bertz CT molecular complexity index is 957. The SMILES string of the molecule is Cc1cc(C(=O)O)cc(C(=O)N2CSCC2C(=O)Nc2ccc(C)cc2C)c1. The highest BCUT2D eigenvalue weighted by Gasteiger charge is 2.35. The maximum atomic E-state index is 13.0. The van der Waals surface area contributed by atoms with E-state index in [2.05, 4.69) is 5.32 Å². The van der Waals surface area contributed by atoms with E-state index in [1.54, 1.807) is 13.0 Å². The van der Waals surface area contributed by atoms with E-state index in [1.165, 1.54) is 28.8 Å². The number of rotatable bonds is 4. The van der Waals surface area contributed by atoms with Gasteiger partial charge in [-0.2, -0.15) is 0 Å². The van der Waals surface area contributed by atoms with E-state index in [0.717, 1.165) is 16.8 Å². The number of hydrogen-bond donors (Lipinski definition) is 2. The topological polar surface area (TPSA) is 86.7 Å². The summed E-state index contributed by atoms with van der Waals surface area (Å²) in [5.74, 6) is -0.772. The minimum atomic E-state index is -1.09. The Morgan fingerprint density at radius 2 is 1.75 bits per heavy atom. The number of carbonyl (C=O) groups excluding carboxylic acids is 2. The Morgan fingerprint density at radius 1 is 1.04 bits per heavy atom. The molecule has 1 aliphatic rings. The number of nitrogens with zero attached hydrogens (tertiary/aromatic N) is 1. The molecular weight excluding hydrogens is 376 g/mol. The fourth-order valence-corrected chi connectivity index (χ4v) is 4.38. The van der Waals surface area contributed by atoms with Gasteiger partial charge in [0.1, 0.15) is 6.04 Å². The first-order chi connectivity index (χ1) is 13.3. The second-order valence-corrected chi connectivity index (χ2v) is 7.99. The number of carboxylic acids is 1. The highest BCUT2D eigenvalue weighted by atomic mass is 32.2. The monoisotopic (exact) mass is 398 g/mol. The fourth-order valence-electron chi connectivity index (χ4n) is 3.23. The molecule has 146 valence electrons. The van der Waals surface area contributed by atoms with Crippen molar-refractivity contribution in [3.8, 4) is 0 Å². The number of benzene rings is 2. The number of amides is 2. The van der Waals surface area contributed by atoms with Gasteiger partial charge < -0.3 is 15.3 Å². The van der Waals surface area contributed by atoms with Crippen LogP contribution in [0.2, 0.25) is 0 Å². The lowest BCUT2D eigenvalue weighted by molar-refractivity contribution is -0.119. The number of nitrogens with one attached hydrogen (secondary N) is 1. The molecule has 0 bridgehead atoms. The number of anilines is 1. The van der Waals surface area contributed by atoms with Crippen molar-refractivity contribution >= 4 is 35.2 Å². The van der Waals surface area contributed by atoms with Gasteiger partial charge in [-0.15, -0.1) is 11.8 Å². The highest BCUT2D eigenvalue weighted by molar-refractivity contribution is 7.99. The predicted octanol–water partition coefficient (Wildman–Crippen LogP) is 3.46. The molecule has 3 rings (SSSR count). The lowest BCUT2D eigenvalue weighted by atomic mass is 10.0. The van der Waals surface area contributed by atoms with Crippen LogP contribution < -0.4 is 5.32 Å². The minimum absolute atomic E-state index is 0.0616. The first kappa shape index (κ1) is 19.9. The maximum Gasteiger partial charge on any atom is 0.335 e. The molecule has 0 saturated carbocycles. The average Bonchev–Trinajstić information content (AvgIpc) is 3.12. The molecule has 7 heteroatoms. The first-order valence-corrected chi connectivity index (χ1v) is 10.0. The van der Waals surface area contributed by atoms with Crippen molar-refractivity contribution in [1.29, 1.82) is 0 Å². The Labute approximate surface area is 167 Å². The van der Waals surface area contributed by atoms with Gasteiger partial charge in [-0.25, -0.2) is 4.79 Å². The van der Waals surface area contributed by atoms with Gasteiger partial charge in [0.05, 0.1) is 11.4 Å². The van der Waals surface area contributed by atoms with E-state index >= 15 is 0 Å². The van der Waals surface area contributed by atoms with Crippen LogP contribution in [0.15, 0.2) is 36.4 Å². The highest BCUT2D eigenvalue weighted by Crippen LogP contribution is 2.26. The first-order valence-electron chi connectivity index (χ1n) is 8.88. The summed E-state index contributed by atoms with van der Waals surface area (Å²) in [5.41, 5.74) is 3.82. The molecular formula is C21H22N2O4S. The predicted molar refractivity (Wildman–Crippen MR) is 110 cm³/mol. The standard InChI is InChI=1S/C21H22N2O4S/c1-12-4-5-17(14(3)6-12)22-19(24)18-10-28-11-23(18)20(25)15-7-13(2)8-16(9-15)21(26)27/h4-9,18H,10-11H2,1-3H3,(H,22,24)(H,26,27). The normalized spacial score (nSPS) is 16.1. The molecule has 1 atom stereocenters. The molecule has 1 saturated heterocycles. The van der Waals surface area contributed by atoms with Crippen LogP contribution in [0.4, 0.5) is 5.69 Å². The smallest absolute Gasteiger partial charge is 0.335 e. The summed E-state index contributed by atoms with van der Waals surface area (Å²) in [7, 11) is 0. The molecule has 0 aliphatic carbocycles. The van der Waals surface area contributed by atoms with Gasteiger partial charge in [-0.05, 0) is 56.2 Å². The molecule has 0 spiro atoms. The van der Waals surface area contributed by atoms with E-state index in [0.29, 0.717) is 17.2 Å². The molecule has 28 heavy (non-hydrogen) atoms. The summed E-state index contributed by atoms with van der Waals surface area (Å²) < 4.78 is 0. The lowest BCUT2D eigenvalue weighted by Gasteiger charge is -2.24. The molecule has 1 fully saturated rings. The van der Waals surface area contributed by atoms with Crippen LogP contribution in [0, 0.1) is 20.8 Å². The van der Waals surface area contributed by atoms with Crippen molar-refractivity contribution in [1.82, 2.24) is 4.90 Å². The van der Waals surface area contributed by atoms with Gasteiger partial charge in [0, 0.05) is 17.0 Å². The van der Waals surface area contributed by atoms with Gasteiger partial charge >= 0.3 is 5.97 Å². The molecule has 2 N–H and O–H groups in total. The van der Waals surface area contributed by atoms with E-state index in [-0.39, 0.29) is 22.9 Å². The van der Waals surface area contributed by atoms with E-state index < -0.39 is 12.0 Å². The molecule has 2 aromatic carbocycles. The van der Waals surface area contributed by atoms with Crippen molar-refractivity contribution < 1.29 is 19.5 Å². The quantitative estimate of drug-likeness (QED) is 0.824. The number of carbonyl (C=O) groups is 3. The second kappa shape index (κ2) is 8.06. The van der Waals surface area contributed by atoms with E-state index in [1.807, 2.05) is 32.0 Å². The number of thioether (sulfide) groups is 1.